The van der Waals surface area contributed by atoms with Crippen LogP contribution in [0.15, 0.2) is 41.3 Å². The number of piperidine rings is 1. The molecule has 2 aliphatic heterocycles. The summed E-state index contributed by atoms with van der Waals surface area (Å²) in [5.41, 5.74) is 2.18. The van der Waals surface area contributed by atoms with Crippen LogP contribution < -0.4 is 4.90 Å². The highest BCUT2D eigenvalue weighted by atomic mass is 35.5. The van der Waals surface area contributed by atoms with Crippen molar-refractivity contribution in [3.05, 3.63) is 52.5 Å². The molecule has 3 aromatic rings. The van der Waals surface area contributed by atoms with Crippen LogP contribution in [-0.4, -0.2) is 56.0 Å². The maximum Gasteiger partial charge on any atom is 0.260 e. The summed E-state index contributed by atoms with van der Waals surface area (Å²) in [5.74, 6) is 0.108. The van der Waals surface area contributed by atoms with Gasteiger partial charge in [0.25, 0.3) is 5.91 Å². The van der Waals surface area contributed by atoms with Crippen LogP contribution in [0.2, 0.25) is 5.02 Å². The average molecular weight is 548 g/mol. The van der Waals surface area contributed by atoms with Crippen molar-refractivity contribution in [2.45, 2.75) is 50.5 Å². The third kappa shape index (κ3) is 5.17. The van der Waals surface area contributed by atoms with Crippen LogP contribution >= 0.6 is 22.9 Å². The smallest absolute Gasteiger partial charge is 0.260 e. The number of halogens is 1. The van der Waals surface area contributed by atoms with Gasteiger partial charge in [-0.3, -0.25) is 9.69 Å². The van der Waals surface area contributed by atoms with Gasteiger partial charge in [0.15, 0.2) is 5.13 Å². The van der Waals surface area contributed by atoms with E-state index in [4.69, 9.17) is 21.3 Å². The Bertz CT molecular complexity index is 1370. The second-order valence-electron chi connectivity index (χ2n) is 9.75. The highest BCUT2D eigenvalue weighted by Crippen LogP contribution is 2.34. The van der Waals surface area contributed by atoms with Gasteiger partial charge >= 0.3 is 0 Å². The number of ether oxygens (including phenoxy) is 1. The number of hydrogen-bond donors (Lipinski definition) is 0. The Hall–Kier alpha value is -2.04. The van der Waals surface area contributed by atoms with E-state index in [0.29, 0.717) is 47.9 Å². The molecule has 1 amide bonds. The van der Waals surface area contributed by atoms with Gasteiger partial charge in [-0.05, 0) is 80.5 Å². The monoisotopic (exact) mass is 547 g/mol. The molecule has 10 heteroatoms. The summed E-state index contributed by atoms with van der Waals surface area (Å²) >= 11 is 7.67. The number of amides is 1. The number of sulfonamides is 1. The molecule has 2 atom stereocenters. The number of anilines is 1. The number of nitrogens with zero attached hydrogens (tertiary/aromatic N) is 3. The molecule has 2 saturated heterocycles. The molecule has 2 aromatic carbocycles. The van der Waals surface area contributed by atoms with Crippen molar-refractivity contribution in [2.24, 2.45) is 5.92 Å². The maximum atomic E-state index is 13.7. The average Bonchev–Trinajstić information content (AvgIpc) is 3.52. The van der Waals surface area contributed by atoms with Crippen molar-refractivity contribution in [2.75, 3.05) is 31.1 Å². The topological polar surface area (TPSA) is 79.8 Å². The number of hydrogen-bond acceptors (Lipinski definition) is 6. The summed E-state index contributed by atoms with van der Waals surface area (Å²) in [7, 11) is -3.59. The quantitative estimate of drug-likeness (QED) is 0.407. The number of benzene rings is 2. The highest BCUT2D eigenvalue weighted by Gasteiger charge is 2.30. The molecule has 192 valence electrons. The number of thiazole rings is 1. The summed E-state index contributed by atoms with van der Waals surface area (Å²) < 4.78 is 34.6. The zero-order chi connectivity index (χ0) is 25.4. The van der Waals surface area contributed by atoms with E-state index in [0.717, 1.165) is 41.5 Å². The maximum absolute atomic E-state index is 13.7. The molecule has 2 aliphatic rings. The molecule has 5 rings (SSSR count). The van der Waals surface area contributed by atoms with E-state index in [1.807, 2.05) is 19.1 Å². The molecule has 0 spiro atoms. The van der Waals surface area contributed by atoms with Crippen LogP contribution in [0.5, 0.6) is 0 Å². The lowest BCUT2D eigenvalue weighted by Gasteiger charge is -2.30. The Morgan fingerprint density at radius 3 is 2.69 bits per heavy atom. The zero-order valence-electron chi connectivity index (χ0n) is 20.4. The van der Waals surface area contributed by atoms with Gasteiger partial charge in [-0.1, -0.05) is 29.9 Å². The fourth-order valence-corrected chi connectivity index (χ4v) is 7.96. The summed E-state index contributed by atoms with van der Waals surface area (Å²) in [6, 6.07) is 9.99. The van der Waals surface area contributed by atoms with Crippen LogP contribution in [0.1, 0.15) is 48.5 Å². The van der Waals surface area contributed by atoms with Crippen molar-refractivity contribution in [3.8, 4) is 0 Å². The molecule has 0 radical (unpaired) electrons. The molecule has 0 aliphatic carbocycles. The summed E-state index contributed by atoms with van der Waals surface area (Å²) in [6.45, 7) is 6.15. The van der Waals surface area contributed by atoms with Crippen molar-refractivity contribution in [1.82, 2.24) is 9.29 Å². The number of fused-ring (bicyclic) bond motifs is 1. The number of carbonyl (C=O) groups is 1. The molecule has 7 nitrogen and oxygen atoms in total. The van der Waals surface area contributed by atoms with Crippen LogP contribution in [0, 0.1) is 12.8 Å². The lowest BCUT2D eigenvalue weighted by molar-refractivity contribution is 0.0917. The van der Waals surface area contributed by atoms with Crippen molar-refractivity contribution < 1.29 is 17.9 Å². The fourth-order valence-electron chi connectivity index (χ4n) is 4.94. The Morgan fingerprint density at radius 2 is 2.00 bits per heavy atom. The minimum atomic E-state index is -3.59. The summed E-state index contributed by atoms with van der Waals surface area (Å²) in [6.07, 6.45) is 3.68. The van der Waals surface area contributed by atoms with Crippen LogP contribution in [-0.2, 0) is 14.8 Å². The van der Waals surface area contributed by atoms with Gasteiger partial charge in [-0.15, -0.1) is 0 Å². The zero-order valence-corrected chi connectivity index (χ0v) is 22.8. The van der Waals surface area contributed by atoms with E-state index in [1.165, 1.54) is 23.5 Å². The second-order valence-corrected chi connectivity index (χ2v) is 13.1. The third-order valence-corrected chi connectivity index (χ3v) is 10.0. The molecule has 0 N–H and O–H groups in total. The Kier molecular flexibility index (Phi) is 7.38. The van der Waals surface area contributed by atoms with Gasteiger partial charge in [0.1, 0.15) is 0 Å². The molecular formula is C26H30ClN3O4S2. The molecule has 36 heavy (non-hydrogen) atoms. The first-order valence-corrected chi connectivity index (χ1v) is 15.0. The first kappa shape index (κ1) is 25.6. The summed E-state index contributed by atoms with van der Waals surface area (Å²) in [4.78, 5) is 20.4. The highest BCUT2D eigenvalue weighted by molar-refractivity contribution is 7.89. The molecule has 1 aromatic heterocycles. The van der Waals surface area contributed by atoms with E-state index in [-0.39, 0.29) is 16.9 Å². The molecule has 0 saturated carbocycles. The first-order chi connectivity index (χ1) is 17.2. The Morgan fingerprint density at radius 1 is 1.22 bits per heavy atom. The predicted octanol–water partition coefficient (Wildman–Crippen LogP) is 5.50. The normalized spacial score (nSPS) is 21.2. The van der Waals surface area contributed by atoms with E-state index in [2.05, 4.69) is 6.92 Å². The van der Waals surface area contributed by atoms with Crippen molar-refractivity contribution in [1.29, 1.82) is 0 Å². The summed E-state index contributed by atoms with van der Waals surface area (Å²) in [5, 5.41) is 1.21. The molecule has 2 fully saturated rings. The van der Waals surface area contributed by atoms with E-state index >= 15 is 0 Å². The molecule has 0 bridgehead atoms. The van der Waals surface area contributed by atoms with Gasteiger partial charge in [0.2, 0.25) is 10.0 Å². The number of rotatable bonds is 6. The van der Waals surface area contributed by atoms with Crippen LogP contribution in [0.4, 0.5) is 5.13 Å². The SMILES string of the molecule is Cc1cc(Cl)cc2sc(N(CC3CCCO3)C(=O)c3ccc(S(=O)(=O)N4CCCC(C)C4)cc3)nc12. The van der Waals surface area contributed by atoms with Crippen LogP contribution in [0.25, 0.3) is 10.2 Å². The lowest BCUT2D eigenvalue weighted by Crippen LogP contribution is -2.39. The second kappa shape index (κ2) is 10.4. The number of carbonyl (C=O) groups excluding carboxylic acids is 1. The van der Waals surface area contributed by atoms with E-state index in [9.17, 15) is 13.2 Å². The largest absolute Gasteiger partial charge is 0.376 e. The lowest BCUT2D eigenvalue weighted by atomic mass is 10.0. The fraction of sp³-hybridized carbons (Fsp3) is 0.462. The van der Waals surface area contributed by atoms with Crippen molar-refractivity contribution >= 4 is 54.2 Å². The van der Waals surface area contributed by atoms with Crippen LogP contribution in [0.3, 0.4) is 0 Å². The van der Waals surface area contributed by atoms with Gasteiger partial charge in [0.05, 0.1) is 27.8 Å². The predicted molar refractivity (Wildman–Crippen MR) is 144 cm³/mol. The Labute approximate surface area is 221 Å². The van der Waals surface area contributed by atoms with E-state index in [1.54, 1.807) is 21.3 Å². The minimum absolute atomic E-state index is 0.0635. The number of aryl methyl sites for hydroxylation is 1. The molecular weight excluding hydrogens is 518 g/mol. The van der Waals surface area contributed by atoms with Gasteiger partial charge in [-0.2, -0.15) is 4.31 Å². The van der Waals surface area contributed by atoms with E-state index < -0.39 is 10.0 Å². The Balaban J connectivity index is 1.44. The number of aromatic nitrogens is 1. The molecule has 2 unspecified atom stereocenters. The minimum Gasteiger partial charge on any atom is -0.376 e. The third-order valence-electron chi connectivity index (χ3n) is 6.88. The van der Waals surface area contributed by atoms with Gasteiger partial charge in [-0.25, -0.2) is 13.4 Å². The standard InChI is InChI=1S/C26H30ClN3O4S2/c1-17-5-3-11-29(15-17)36(32,33)22-9-7-19(8-10-22)25(31)30(16-21-6-4-12-34-21)26-28-24-18(2)13-20(27)14-23(24)35-26/h7-10,13-14,17,21H,3-6,11-12,15-16H2,1-2H3. The first-order valence-electron chi connectivity index (χ1n) is 12.3. The van der Waals surface area contributed by atoms with Crippen molar-refractivity contribution in [3.63, 3.8) is 0 Å². The van der Waals surface area contributed by atoms with Gasteiger partial charge in [0, 0.05) is 30.3 Å². The molecule has 3 heterocycles. The van der Waals surface area contributed by atoms with Gasteiger partial charge < -0.3 is 4.74 Å².